The zero-order chi connectivity index (χ0) is 18.5. The molecule has 0 saturated heterocycles. The van der Waals surface area contributed by atoms with E-state index in [1.54, 1.807) is 7.11 Å². The van der Waals surface area contributed by atoms with Crippen LogP contribution in [-0.4, -0.2) is 23.4 Å². The van der Waals surface area contributed by atoms with Gasteiger partial charge < -0.3 is 14.9 Å². The van der Waals surface area contributed by atoms with E-state index in [4.69, 9.17) is 4.74 Å². The Bertz CT molecular complexity index is 670. The van der Waals surface area contributed by atoms with Crippen LogP contribution in [0.3, 0.4) is 0 Å². The number of unbranched alkanes of at least 4 members (excludes halogenated alkanes) is 1. The molecular formula is C23H34O3. The first-order valence-electron chi connectivity index (χ1n) is 10.6. The third-order valence-corrected chi connectivity index (χ3v) is 8.07. The van der Waals surface area contributed by atoms with Crippen LogP contribution in [0.4, 0.5) is 0 Å². The highest BCUT2D eigenvalue weighted by Crippen LogP contribution is 2.63. The van der Waals surface area contributed by atoms with Crippen LogP contribution in [0.1, 0.15) is 75.8 Å². The van der Waals surface area contributed by atoms with Gasteiger partial charge in [-0.25, -0.2) is 0 Å². The lowest BCUT2D eigenvalue weighted by Crippen LogP contribution is -2.44. The van der Waals surface area contributed by atoms with Crippen molar-refractivity contribution >= 4 is 0 Å². The summed E-state index contributed by atoms with van der Waals surface area (Å²) in [5.74, 6) is 3.21. The number of benzene rings is 1. The number of aryl methyl sites for hydroxylation is 1. The molecule has 3 aliphatic rings. The molecule has 3 heteroatoms. The van der Waals surface area contributed by atoms with Gasteiger partial charge in [0, 0.05) is 0 Å². The molecule has 26 heavy (non-hydrogen) atoms. The van der Waals surface area contributed by atoms with Crippen LogP contribution in [-0.2, 0) is 6.42 Å². The molecule has 0 spiro atoms. The third kappa shape index (κ3) is 2.66. The maximum Gasteiger partial charge on any atom is 0.160 e. The number of aliphatic hydroxyl groups excluding tert-OH is 1. The molecule has 2 fully saturated rings. The number of rotatable bonds is 4. The Balaban J connectivity index is 1.63. The Morgan fingerprint density at radius 3 is 2.81 bits per heavy atom. The molecule has 3 nitrogen and oxygen atoms in total. The normalized spacial score (nSPS) is 38.4. The van der Waals surface area contributed by atoms with Crippen molar-refractivity contribution in [3.63, 3.8) is 0 Å². The number of methoxy groups -OCH3 is 1. The maximum atomic E-state index is 11.1. The second-order valence-electron chi connectivity index (χ2n) is 9.27. The van der Waals surface area contributed by atoms with Gasteiger partial charge in [-0.1, -0.05) is 26.7 Å². The van der Waals surface area contributed by atoms with E-state index in [2.05, 4.69) is 19.9 Å². The first-order valence-corrected chi connectivity index (χ1v) is 10.6. The average Bonchev–Trinajstić information content (AvgIpc) is 2.90. The summed E-state index contributed by atoms with van der Waals surface area (Å²) >= 11 is 0. The third-order valence-electron chi connectivity index (χ3n) is 8.07. The fourth-order valence-electron chi connectivity index (χ4n) is 6.65. The lowest BCUT2D eigenvalue weighted by Gasteiger charge is -2.50. The Morgan fingerprint density at radius 1 is 1.27 bits per heavy atom. The van der Waals surface area contributed by atoms with Crippen molar-refractivity contribution < 1.29 is 14.9 Å². The number of aromatic hydroxyl groups is 1. The van der Waals surface area contributed by atoms with Crippen molar-refractivity contribution in [2.24, 2.45) is 23.2 Å². The van der Waals surface area contributed by atoms with Gasteiger partial charge in [0.25, 0.3) is 0 Å². The fraction of sp³-hybridized carbons (Fsp3) is 0.739. The number of aliphatic hydroxyl groups is 1. The highest BCUT2D eigenvalue weighted by Gasteiger charge is 2.57. The fourth-order valence-corrected chi connectivity index (χ4v) is 6.65. The quantitative estimate of drug-likeness (QED) is 0.793. The van der Waals surface area contributed by atoms with Gasteiger partial charge in [-0.05, 0) is 90.9 Å². The number of fused-ring (bicyclic) bond motifs is 5. The van der Waals surface area contributed by atoms with Crippen LogP contribution in [0.2, 0.25) is 0 Å². The van der Waals surface area contributed by atoms with Crippen molar-refractivity contribution in [3.8, 4) is 11.5 Å². The first-order chi connectivity index (χ1) is 12.5. The number of phenols is 1. The molecule has 0 amide bonds. The Labute approximate surface area is 157 Å². The van der Waals surface area contributed by atoms with Crippen molar-refractivity contribution in [1.82, 2.24) is 0 Å². The van der Waals surface area contributed by atoms with E-state index in [0.717, 1.165) is 19.3 Å². The molecule has 1 unspecified atom stereocenters. The second kappa shape index (κ2) is 6.74. The summed E-state index contributed by atoms with van der Waals surface area (Å²) in [6.45, 7) is 4.60. The molecule has 2 N–H and O–H groups in total. The highest BCUT2D eigenvalue weighted by atomic mass is 16.5. The zero-order valence-electron chi connectivity index (χ0n) is 16.5. The number of phenolic OH excluding ortho intramolecular Hbond substituents is 1. The van der Waals surface area contributed by atoms with Crippen molar-refractivity contribution in [1.29, 1.82) is 0 Å². The largest absolute Gasteiger partial charge is 0.504 e. The predicted octanol–water partition coefficient (Wildman–Crippen LogP) is 5.03. The number of hydrogen-bond acceptors (Lipinski definition) is 3. The molecule has 1 aromatic carbocycles. The van der Waals surface area contributed by atoms with Gasteiger partial charge in [0.1, 0.15) is 0 Å². The van der Waals surface area contributed by atoms with E-state index in [-0.39, 0.29) is 17.3 Å². The van der Waals surface area contributed by atoms with Gasteiger partial charge in [0.2, 0.25) is 0 Å². The molecule has 144 valence electrons. The van der Waals surface area contributed by atoms with E-state index >= 15 is 0 Å². The Kier molecular flexibility index (Phi) is 4.71. The van der Waals surface area contributed by atoms with Crippen LogP contribution < -0.4 is 4.74 Å². The molecule has 4 rings (SSSR count). The molecule has 0 bridgehead atoms. The minimum Gasteiger partial charge on any atom is -0.504 e. The van der Waals surface area contributed by atoms with Crippen molar-refractivity contribution in [3.05, 3.63) is 23.3 Å². The molecule has 0 heterocycles. The lowest BCUT2D eigenvalue weighted by atomic mass is 9.55. The Morgan fingerprint density at radius 2 is 2.08 bits per heavy atom. The smallest absolute Gasteiger partial charge is 0.160 e. The summed E-state index contributed by atoms with van der Waals surface area (Å²) < 4.78 is 5.39. The molecular weight excluding hydrogens is 324 g/mol. The summed E-state index contributed by atoms with van der Waals surface area (Å²) in [4.78, 5) is 0. The number of hydrogen-bond donors (Lipinski definition) is 2. The van der Waals surface area contributed by atoms with Crippen LogP contribution in [0.5, 0.6) is 11.5 Å². The van der Waals surface area contributed by atoms with Gasteiger partial charge in [0.15, 0.2) is 11.5 Å². The minimum atomic E-state index is -0.129. The average molecular weight is 359 g/mol. The van der Waals surface area contributed by atoms with Crippen LogP contribution in [0.15, 0.2) is 12.1 Å². The van der Waals surface area contributed by atoms with Crippen LogP contribution >= 0.6 is 0 Å². The van der Waals surface area contributed by atoms with Gasteiger partial charge in [0.05, 0.1) is 13.2 Å². The number of ether oxygens (including phenoxy) is 1. The molecule has 2 saturated carbocycles. The monoisotopic (exact) mass is 358 g/mol. The highest BCUT2D eigenvalue weighted by molar-refractivity contribution is 5.49. The summed E-state index contributed by atoms with van der Waals surface area (Å²) in [7, 11) is 1.63. The Hall–Kier alpha value is -1.22. The molecule has 0 aliphatic heterocycles. The topological polar surface area (TPSA) is 49.7 Å². The lowest BCUT2D eigenvalue weighted by molar-refractivity contribution is -0.0335. The van der Waals surface area contributed by atoms with Gasteiger partial charge in [-0.2, -0.15) is 0 Å². The first kappa shape index (κ1) is 18.2. The van der Waals surface area contributed by atoms with E-state index in [9.17, 15) is 10.2 Å². The van der Waals surface area contributed by atoms with Crippen LogP contribution in [0, 0.1) is 23.2 Å². The van der Waals surface area contributed by atoms with Gasteiger partial charge in [-0.3, -0.25) is 0 Å². The minimum absolute atomic E-state index is 0.0953. The SMILES string of the molecule is CCCCC1C[C@H]2[C@@H]3CCc4cc(O)c(OC)cc4[C@H]3CC[C@]2(C)[C@@H]1O. The van der Waals surface area contributed by atoms with E-state index in [0.29, 0.717) is 29.4 Å². The van der Waals surface area contributed by atoms with E-state index < -0.39 is 0 Å². The zero-order valence-corrected chi connectivity index (χ0v) is 16.5. The molecule has 0 aromatic heterocycles. The maximum absolute atomic E-state index is 11.1. The van der Waals surface area contributed by atoms with Crippen molar-refractivity contribution in [2.45, 2.75) is 77.2 Å². The van der Waals surface area contributed by atoms with Gasteiger partial charge in [-0.15, -0.1) is 0 Å². The standard InChI is InChI=1S/C23H34O3/c1-4-5-6-15-11-19-17-8-7-14-12-20(24)21(26-3)13-18(14)16(17)9-10-23(19,2)22(15)25/h12-13,15-17,19,22,24-25H,4-11H2,1-3H3/t15?,16-,17+,19-,22+,23-/m0/s1. The molecule has 1 aromatic rings. The molecule has 6 atom stereocenters. The van der Waals surface area contributed by atoms with Crippen molar-refractivity contribution in [2.75, 3.05) is 7.11 Å². The predicted molar refractivity (Wildman–Crippen MR) is 104 cm³/mol. The summed E-state index contributed by atoms with van der Waals surface area (Å²) in [5, 5.41) is 21.3. The van der Waals surface area contributed by atoms with E-state index in [1.165, 1.54) is 43.2 Å². The summed E-state index contributed by atoms with van der Waals surface area (Å²) in [6.07, 6.45) is 9.19. The van der Waals surface area contributed by atoms with Gasteiger partial charge >= 0.3 is 0 Å². The molecule has 3 aliphatic carbocycles. The summed E-state index contributed by atoms with van der Waals surface area (Å²) in [6, 6.07) is 4.01. The molecule has 0 radical (unpaired) electrons. The summed E-state index contributed by atoms with van der Waals surface area (Å²) in [5.41, 5.74) is 2.79. The van der Waals surface area contributed by atoms with Crippen LogP contribution in [0.25, 0.3) is 0 Å². The second-order valence-corrected chi connectivity index (χ2v) is 9.27. The van der Waals surface area contributed by atoms with E-state index in [1.807, 2.05) is 6.07 Å².